The number of benzene rings is 2. The SMILES string of the molecule is N#CCc1nc2ccccc2n1C(=O)C(=O)n1c(CC#N)nc2ccccc21. The Morgan fingerprint density at radius 1 is 0.750 bits per heavy atom. The fourth-order valence-electron chi connectivity index (χ4n) is 3.17. The van der Waals surface area contributed by atoms with Crippen LogP contribution < -0.4 is 0 Å². The van der Waals surface area contributed by atoms with Gasteiger partial charge >= 0.3 is 11.8 Å². The van der Waals surface area contributed by atoms with Crippen molar-refractivity contribution in [2.24, 2.45) is 0 Å². The standard InChI is InChI=1S/C20H12N6O2/c21-11-9-17-23-13-5-1-3-7-15(13)25(17)19(27)20(28)26-16-8-4-2-6-14(16)24-18(26)10-12-22/h1-8H,9-10H2. The highest BCUT2D eigenvalue weighted by Gasteiger charge is 2.27. The third-order valence-electron chi connectivity index (χ3n) is 4.32. The Morgan fingerprint density at radius 2 is 1.14 bits per heavy atom. The van der Waals surface area contributed by atoms with E-state index in [1.807, 2.05) is 12.1 Å². The third kappa shape index (κ3) is 2.61. The maximum atomic E-state index is 13.1. The van der Waals surface area contributed by atoms with Crippen LogP contribution in [0.3, 0.4) is 0 Å². The van der Waals surface area contributed by atoms with Gasteiger partial charge in [0.1, 0.15) is 11.6 Å². The van der Waals surface area contributed by atoms with Gasteiger partial charge in [-0.25, -0.2) is 9.97 Å². The number of fused-ring (bicyclic) bond motifs is 2. The summed E-state index contributed by atoms with van der Waals surface area (Å²) in [4.78, 5) is 34.9. The van der Waals surface area contributed by atoms with Crippen molar-refractivity contribution in [3.05, 3.63) is 60.2 Å². The molecule has 0 aliphatic carbocycles. The Morgan fingerprint density at radius 3 is 1.54 bits per heavy atom. The lowest BCUT2D eigenvalue weighted by atomic mass is 10.3. The van der Waals surface area contributed by atoms with Gasteiger partial charge in [-0.15, -0.1) is 0 Å². The van der Waals surface area contributed by atoms with Gasteiger partial charge in [0.2, 0.25) is 0 Å². The largest absolute Gasteiger partial charge is 0.322 e. The Kier molecular flexibility index (Phi) is 4.15. The van der Waals surface area contributed by atoms with Crippen molar-refractivity contribution < 1.29 is 9.59 Å². The normalized spacial score (nSPS) is 10.6. The van der Waals surface area contributed by atoms with Gasteiger partial charge in [0.15, 0.2) is 0 Å². The maximum Gasteiger partial charge on any atom is 0.322 e. The molecule has 8 nitrogen and oxygen atoms in total. The van der Waals surface area contributed by atoms with Crippen LogP contribution in [0, 0.1) is 22.7 Å². The summed E-state index contributed by atoms with van der Waals surface area (Å²) in [6, 6.07) is 17.6. The van der Waals surface area contributed by atoms with E-state index in [-0.39, 0.29) is 24.5 Å². The van der Waals surface area contributed by atoms with Gasteiger partial charge < -0.3 is 0 Å². The van der Waals surface area contributed by atoms with Gasteiger partial charge in [-0.2, -0.15) is 10.5 Å². The van der Waals surface area contributed by atoms with Crippen molar-refractivity contribution >= 4 is 33.9 Å². The molecule has 0 spiro atoms. The summed E-state index contributed by atoms with van der Waals surface area (Å²) in [6.45, 7) is 0. The zero-order chi connectivity index (χ0) is 19.7. The van der Waals surface area contributed by atoms with Crippen molar-refractivity contribution in [3.63, 3.8) is 0 Å². The average Bonchev–Trinajstić information content (AvgIpc) is 3.25. The molecular formula is C20H12N6O2. The topological polar surface area (TPSA) is 117 Å². The first-order valence-electron chi connectivity index (χ1n) is 8.41. The second-order valence-corrected chi connectivity index (χ2v) is 5.98. The van der Waals surface area contributed by atoms with Gasteiger partial charge in [-0.05, 0) is 24.3 Å². The Balaban J connectivity index is 1.90. The molecule has 0 bridgehead atoms. The lowest BCUT2D eigenvalue weighted by molar-refractivity contribution is 0.0718. The molecule has 4 aromatic rings. The zero-order valence-electron chi connectivity index (χ0n) is 14.5. The highest BCUT2D eigenvalue weighted by molar-refractivity contribution is 6.39. The van der Waals surface area contributed by atoms with Gasteiger partial charge in [0.05, 0.1) is 47.0 Å². The second kappa shape index (κ2) is 6.78. The van der Waals surface area contributed by atoms with Crippen molar-refractivity contribution in [3.8, 4) is 12.1 Å². The van der Waals surface area contributed by atoms with E-state index in [0.717, 1.165) is 9.13 Å². The molecule has 4 rings (SSSR count). The molecule has 0 fully saturated rings. The molecule has 0 atom stereocenters. The van der Waals surface area contributed by atoms with Crippen LogP contribution in [0.25, 0.3) is 22.1 Å². The summed E-state index contributed by atoms with van der Waals surface area (Å²) in [7, 11) is 0. The Labute approximate surface area is 158 Å². The molecule has 134 valence electrons. The molecule has 0 aliphatic heterocycles. The number of imidazole rings is 2. The van der Waals surface area contributed by atoms with Crippen molar-refractivity contribution in [2.45, 2.75) is 12.8 Å². The number of carbonyl (C=O) groups is 2. The van der Waals surface area contributed by atoms with Crippen LogP contribution in [-0.2, 0) is 12.8 Å². The first kappa shape index (κ1) is 17.1. The third-order valence-corrected chi connectivity index (χ3v) is 4.32. The fraction of sp³-hybridized carbons (Fsp3) is 0.100. The quantitative estimate of drug-likeness (QED) is 0.502. The van der Waals surface area contributed by atoms with E-state index in [2.05, 4.69) is 9.97 Å². The Hall–Kier alpha value is -4.30. The maximum absolute atomic E-state index is 13.1. The van der Waals surface area contributed by atoms with Gasteiger partial charge in [0, 0.05) is 0 Å². The number of rotatable bonds is 2. The molecule has 28 heavy (non-hydrogen) atoms. The van der Waals surface area contributed by atoms with Crippen LogP contribution in [0.5, 0.6) is 0 Å². The number of carbonyl (C=O) groups excluding carboxylic acids is 2. The van der Waals surface area contributed by atoms with Crippen molar-refractivity contribution in [2.75, 3.05) is 0 Å². The first-order valence-corrected chi connectivity index (χ1v) is 8.41. The number of nitriles is 2. The number of para-hydroxylation sites is 4. The highest BCUT2D eigenvalue weighted by atomic mass is 16.2. The minimum absolute atomic E-state index is 0.122. The second-order valence-electron chi connectivity index (χ2n) is 5.98. The summed E-state index contributed by atoms with van der Waals surface area (Å²) < 4.78 is 2.32. The summed E-state index contributed by atoms with van der Waals surface area (Å²) in [5, 5.41) is 18.2. The molecule has 0 saturated heterocycles. The summed E-state index contributed by atoms with van der Waals surface area (Å²) in [5.74, 6) is -1.34. The molecule has 0 unspecified atom stereocenters. The van der Waals surface area contributed by atoms with Crippen LogP contribution in [0.1, 0.15) is 21.2 Å². The molecule has 0 aliphatic rings. The molecule has 8 heteroatoms. The smallest absolute Gasteiger partial charge is 0.263 e. The van der Waals surface area contributed by atoms with Crippen molar-refractivity contribution in [1.82, 2.24) is 19.1 Å². The van der Waals surface area contributed by atoms with Gasteiger partial charge in [-0.3, -0.25) is 18.7 Å². The monoisotopic (exact) mass is 368 g/mol. The van der Waals surface area contributed by atoms with Gasteiger partial charge in [0.25, 0.3) is 0 Å². The summed E-state index contributed by atoms with van der Waals surface area (Å²) in [5.41, 5.74) is 1.91. The molecule has 2 aromatic carbocycles. The van der Waals surface area contributed by atoms with Crippen LogP contribution in [0.4, 0.5) is 0 Å². The molecule has 2 aromatic heterocycles. The molecule has 0 saturated carbocycles. The highest BCUT2D eigenvalue weighted by Crippen LogP contribution is 2.20. The average molecular weight is 368 g/mol. The van der Waals surface area contributed by atoms with Crippen LogP contribution in [0.2, 0.25) is 0 Å². The molecule has 2 heterocycles. The zero-order valence-corrected chi connectivity index (χ0v) is 14.5. The van der Waals surface area contributed by atoms with E-state index in [1.165, 1.54) is 0 Å². The lowest BCUT2D eigenvalue weighted by Crippen LogP contribution is -2.29. The number of aromatic nitrogens is 4. The molecule has 0 amide bonds. The van der Waals surface area contributed by atoms with Crippen LogP contribution in [0.15, 0.2) is 48.5 Å². The summed E-state index contributed by atoms with van der Waals surface area (Å²) in [6.07, 6.45) is -0.243. The molecule has 0 radical (unpaired) electrons. The fourth-order valence-corrected chi connectivity index (χ4v) is 3.17. The number of hydrogen-bond donors (Lipinski definition) is 0. The minimum Gasteiger partial charge on any atom is -0.263 e. The lowest BCUT2D eigenvalue weighted by Gasteiger charge is -2.08. The van der Waals surface area contributed by atoms with E-state index >= 15 is 0 Å². The van der Waals surface area contributed by atoms with Crippen LogP contribution >= 0.6 is 0 Å². The Bertz CT molecular complexity index is 1230. The summed E-state index contributed by atoms with van der Waals surface area (Å²) >= 11 is 0. The number of nitrogens with zero attached hydrogens (tertiary/aromatic N) is 6. The first-order chi connectivity index (χ1) is 13.7. The van der Waals surface area contributed by atoms with E-state index in [0.29, 0.717) is 22.1 Å². The molecule has 0 N–H and O–H groups in total. The van der Waals surface area contributed by atoms with E-state index in [1.54, 1.807) is 48.5 Å². The van der Waals surface area contributed by atoms with E-state index < -0.39 is 11.8 Å². The van der Waals surface area contributed by atoms with E-state index in [4.69, 9.17) is 10.5 Å². The molecular weight excluding hydrogens is 356 g/mol. The van der Waals surface area contributed by atoms with E-state index in [9.17, 15) is 9.59 Å². The number of hydrogen-bond acceptors (Lipinski definition) is 6. The van der Waals surface area contributed by atoms with Crippen molar-refractivity contribution in [1.29, 1.82) is 10.5 Å². The van der Waals surface area contributed by atoms with Crippen LogP contribution in [-0.4, -0.2) is 30.9 Å². The van der Waals surface area contributed by atoms with Gasteiger partial charge in [-0.1, -0.05) is 24.3 Å². The predicted octanol–water partition coefficient (Wildman–Crippen LogP) is 2.50. The minimum atomic E-state index is -0.860. The predicted molar refractivity (Wildman–Crippen MR) is 99.4 cm³/mol.